The van der Waals surface area contributed by atoms with Gasteiger partial charge in [-0.2, -0.15) is 0 Å². The zero-order chi connectivity index (χ0) is 10.1. The van der Waals surface area contributed by atoms with Gasteiger partial charge < -0.3 is 20.1 Å². The second kappa shape index (κ2) is 8.22. The average Bonchev–Trinajstić information content (AvgIpc) is 2.12. The molecule has 13 heavy (non-hydrogen) atoms. The highest BCUT2D eigenvalue weighted by atomic mass is 32.1. The van der Waals surface area contributed by atoms with E-state index in [9.17, 15) is 0 Å². The molecule has 5 heteroatoms. The lowest BCUT2D eigenvalue weighted by atomic mass is 10.4. The van der Waals surface area contributed by atoms with Crippen molar-refractivity contribution in [3.8, 4) is 0 Å². The first-order chi connectivity index (χ1) is 6.24. The first-order valence-corrected chi connectivity index (χ1v) is 4.68. The van der Waals surface area contributed by atoms with E-state index in [-0.39, 0.29) is 6.10 Å². The number of methoxy groups -OCH3 is 2. The Labute approximate surface area is 85.0 Å². The van der Waals surface area contributed by atoms with Gasteiger partial charge in [0.15, 0.2) is 5.11 Å². The largest absolute Gasteiger partial charge is 0.382 e. The van der Waals surface area contributed by atoms with Gasteiger partial charge in [0.05, 0.1) is 12.7 Å². The van der Waals surface area contributed by atoms with E-state index in [1.807, 2.05) is 6.92 Å². The topological polar surface area (TPSA) is 42.5 Å². The molecule has 78 valence electrons. The van der Waals surface area contributed by atoms with Crippen molar-refractivity contribution in [1.82, 2.24) is 10.6 Å². The molecule has 0 heterocycles. The zero-order valence-corrected chi connectivity index (χ0v) is 9.24. The Hall–Kier alpha value is -0.390. The first kappa shape index (κ1) is 12.6. The number of hydrogen-bond donors (Lipinski definition) is 2. The Morgan fingerprint density at radius 3 is 2.54 bits per heavy atom. The minimum atomic E-state index is 0.0432. The van der Waals surface area contributed by atoms with Gasteiger partial charge in [-0.25, -0.2) is 0 Å². The third-order valence-electron chi connectivity index (χ3n) is 1.51. The molecule has 0 aromatic carbocycles. The van der Waals surface area contributed by atoms with Crippen LogP contribution in [0, 0.1) is 0 Å². The van der Waals surface area contributed by atoms with Crippen LogP contribution >= 0.6 is 12.2 Å². The molecule has 2 N–H and O–H groups in total. The molecule has 4 nitrogen and oxygen atoms in total. The molecule has 0 radical (unpaired) electrons. The smallest absolute Gasteiger partial charge is 0.166 e. The van der Waals surface area contributed by atoms with Gasteiger partial charge in [0.2, 0.25) is 0 Å². The van der Waals surface area contributed by atoms with Crippen LogP contribution in [0.3, 0.4) is 0 Å². The van der Waals surface area contributed by atoms with E-state index in [2.05, 4.69) is 10.6 Å². The summed E-state index contributed by atoms with van der Waals surface area (Å²) < 4.78 is 10.1. The number of rotatable bonds is 6. The molecule has 0 saturated heterocycles. The molecule has 0 aliphatic rings. The Morgan fingerprint density at radius 2 is 2.08 bits per heavy atom. The molecule has 0 aromatic rings. The second-order valence-corrected chi connectivity index (χ2v) is 2.96. The molecule has 0 bridgehead atoms. The van der Waals surface area contributed by atoms with Gasteiger partial charge in [-0.1, -0.05) is 0 Å². The van der Waals surface area contributed by atoms with Gasteiger partial charge in [0.25, 0.3) is 0 Å². The van der Waals surface area contributed by atoms with E-state index in [4.69, 9.17) is 21.7 Å². The molecular formula is C8H18N2O2S. The van der Waals surface area contributed by atoms with Crippen LogP contribution in [0.5, 0.6) is 0 Å². The highest BCUT2D eigenvalue weighted by Gasteiger charge is 2.06. The first-order valence-electron chi connectivity index (χ1n) is 4.28. The lowest BCUT2D eigenvalue weighted by molar-refractivity contribution is 0.0315. The molecule has 0 rings (SSSR count). The fourth-order valence-electron chi connectivity index (χ4n) is 0.826. The van der Waals surface area contributed by atoms with Crippen LogP contribution in [-0.4, -0.2) is 45.1 Å². The van der Waals surface area contributed by atoms with Crippen LogP contribution in [0.1, 0.15) is 6.92 Å². The Kier molecular flexibility index (Phi) is 7.97. The van der Waals surface area contributed by atoms with Gasteiger partial charge in [0, 0.05) is 27.3 Å². The standard InChI is InChI=1S/C8H18N2O2S/c1-4-9-8(13)10-5-7(12-3)6-11-2/h7H,4-6H2,1-3H3,(H2,9,10,13). The van der Waals surface area contributed by atoms with E-state index < -0.39 is 0 Å². The predicted molar refractivity (Wildman–Crippen MR) is 57.0 cm³/mol. The molecule has 1 atom stereocenters. The van der Waals surface area contributed by atoms with Gasteiger partial charge in [-0.15, -0.1) is 0 Å². The minimum absolute atomic E-state index is 0.0432. The van der Waals surface area contributed by atoms with E-state index >= 15 is 0 Å². The molecule has 0 saturated carbocycles. The van der Waals surface area contributed by atoms with Crippen LogP contribution in [-0.2, 0) is 9.47 Å². The summed E-state index contributed by atoms with van der Waals surface area (Å²) in [6.07, 6.45) is 0.0432. The van der Waals surface area contributed by atoms with Crippen molar-refractivity contribution in [1.29, 1.82) is 0 Å². The zero-order valence-electron chi connectivity index (χ0n) is 8.42. The summed E-state index contributed by atoms with van der Waals surface area (Å²) in [6, 6.07) is 0. The van der Waals surface area contributed by atoms with Crippen molar-refractivity contribution in [2.75, 3.05) is 33.9 Å². The number of hydrogen-bond acceptors (Lipinski definition) is 3. The highest BCUT2D eigenvalue weighted by molar-refractivity contribution is 7.80. The second-order valence-electron chi connectivity index (χ2n) is 2.55. The lowest BCUT2D eigenvalue weighted by Crippen LogP contribution is -2.41. The van der Waals surface area contributed by atoms with Crippen molar-refractivity contribution < 1.29 is 9.47 Å². The number of thiocarbonyl (C=S) groups is 1. The molecule has 0 fully saturated rings. The van der Waals surface area contributed by atoms with Gasteiger partial charge in [-0.05, 0) is 19.1 Å². The van der Waals surface area contributed by atoms with Crippen molar-refractivity contribution in [3.63, 3.8) is 0 Å². The fraction of sp³-hybridized carbons (Fsp3) is 0.875. The third-order valence-corrected chi connectivity index (χ3v) is 1.80. The van der Waals surface area contributed by atoms with Crippen molar-refractivity contribution in [2.24, 2.45) is 0 Å². The van der Waals surface area contributed by atoms with Crippen molar-refractivity contribution in [2.45, 2.75) is 13.0 Å². The quantitative estimate of drug-likeness (QED) is 0.605. The molecule has 1 unspecified atom stereocenters. The summed E-state index contributed by atoms with van der Waals surface area (Å²) in [5, 5.41) is 6.68. The normalized spacial score (nSPS) is 12.2. The van der Waals surface area contributed by atoms with Gasteiger partial charge >= 0.3 is 0 Å². The summed E-state index contributed by atoms with van der Waals surface area (Å²) in [6.45, 7) is 4.05. The van der Waals surface area contributed by atoms with Crippen LogP contribution in [0.25, 0.3) is 0 Å². The predicted octanol–water partition coefficient (Wildman–Crippen LogP) is 0.132. The summed E-state index contributed by atoms with van der Waals surface area (Å²) in [5.41, 5.74) is 0. The van der Waals surface area contributed by atoms with Crippen LogP contribution in [0.2, 0.25) is 0 Å². The SMILES string of the molecule is CCNC(=S)NCC(COC)OC. The lowest BCUT2D eigenvalue weighted by Gasteiger charge is -2.16. The number of ether oxygens (including phenoxy) is 2. The summed E-state index contributed by atoms with van der Waals surface area (Å²) in [7, 11) is 3.30. The van der Waals surface area contributed by atoms with Gasteiger partial charge in [-0.3, -0.25) is 0 Å². The summed E-state index contributed by atoms with van der Waals surface area (Å²) >= 11 is 4.99. The Balaban J connectivity index is 3.52. The minimum Gasteiger partial charge on any atom is -0.382 e. The molecular weight excluding hydrogens is 188 g/mol. The van der Waals surface area contributed by atoms with Crippen LogP contribution < -0.4 is 10.6 Å². The van der Waals surface area contributed by atoms with E-state index in [1.54, 1.807) is 14.2 Å². The van der Waals surface area contributed by atoms with E-state index in [0.29, 0.717) is 18.3 Å². The Bertz CT molecular complexity index is 144. The van der Waals surface area contributed by atoms with Crippen molar-refractivity contribution >= 4 is 17.3 Å². The monoisotopic (exact) mass is 206 g/mol. The summed E-state index contributed by atoms with van der Waals surface area (Å²) in [4.78, 5) is 0. The van der Waals surface area contributed by atoms with E-state index in [1.165, 1.54) is 0 Å². The highest BCUT2D eigenvalue weighted by Crippen LogP contribution is 1.88. The maximum Gasteiger partial charge on any atom is 0.166 e. The Morgan fingerprint density at radius 1 is 1.38 bits per heavy atom. The van der Waals surface area contributed by atoms with E-state index in [0.717, 1.165) is 6.54 Å². The third kappa shape index (κ3) is 6.74. The maximum absolute atomic E-state index is 5.14. The average molecular weight is 206 g/mol. The number of nitrogens with one attached hydrogen (secondary N) is 2. The molecule has 0 aliphatic carbocycles. The fourth-order valence-corrected chi connectivity index (χ4v) is 1.05. The molecule has 0 aromatic heterocycles. The van der Waals surface area contributed by atoms with Gasteiger partial charge in [0.1, 0.15) is 0 Å². The molecule has 0 amide bonds. The summed E-state index contributed by atoms with van der Waals surface area (Å²) in [5.74, 6) is 0. The molecule has 0 spiro atoms. The van der Waals surface area contributed by atoms with Crippen LogP contribution in [0.15, 0.2) is 0 Å². The van der Waals surface area contributed by atoms with Crippen LogP contribution in [0.4, 0.5) is 0 Å². The van der Waals surface area contributed by atoms with Crippen molar-refractivity contribution in [3.05, 3.63) is 0 Å². The molecule has 0 aliphatic heterocycles. The maximum atomic E-state index is 5.14.